The van der Waals surface area contributed by atoms with Gasteiger partial charge in [0.25, 0.3) is 0 Å². The molecule has 1 amide bonds. The van der Waals surface area contributed by atoms with Crippen LogP contribution in [0.25, 0.3) is 0 Å². The van der Waals surface area contributed by atoms with Gasteiger partial charge in [0, 0.05) is 44.6 Å². The Balaban J connectivity index is 1.44. The Labute approximate surface area is 183 Å². The molecule has 3 heterocycles. The number of rotatable bonds is 2. The summed E-state index contributed by atoms with van der Waals surface area (Å²) in [5, 5.41) is 13.5. The molecule has 2 saturated heterocycles. The minimum Gasteiger partial charge on any atom is -0.492 e. The Hall–Kier alpha value is -1.68. The zero-order valence-corrected chi connectivity index (χ0v) is 18.5. The Bertz CT molecular complexity index is 940. The molecule has 0 aromatic heterocycles. The van der Waals surface area contributed by atoms with Crippen LogP contribution >= 0.6 is 0 Å². The molecule has 4 aliphatic rings. The molecular formula is C22H31N3O5S. The van der Waals surface area contributed by atoms with Crippen molar-refractivity contribution in [3.8, 4) is 5.75 Å². The summed E-state index contributed by atoms with van der Waals surface area (Å²) in [7, 11) is -3.98. The third-order valence-electron chi connectivity index (χ3n) is 7.23. The van der Waals surface area contributed by atoms with Crippen LogP contribution in [-0.4, -0.2) is 79.1 Å². The Morgan fingerprint density at radius 1 is 1.16 bits per heavy atom. The van der Waals surface area contributed by atoms with Crippen molar-refractivity contribution >= 4 is 15.9 Å². The number of nitrogens with zero attached hydrogens (tertiary/aromatic N) is 2. The van der Waals surface area contributed by atoms with E-state index in [0.717, 1.165) is 42.7 Å². The number of fused-ring (bicyclic) bond motifs is 2. The van der Waals surface area contributed by atoms with Gasteiger partial charge in [0.2, 0.25) is 15.9 Å². The van der Waals surface area contributed by atoms with Gasteiger partial charge in [-0.1, -0.05) is 12.1 Å². The van der Waals surface area contributed by atoms with E-state index in [1.165, 1.54) is 18.9 Å². The number of para-hydroxylation sites is 1. The summed E-state index contributed by atoms with van der Waals surface area (Å²) >= 11 is 0. The second-order valence-electron chi connectivity index (χ2n) is 9.54. The molecule has 31 heavy (non-hydrogen) atoms. The third kappa shape index (κ3) is 4.20. The SMILES string of the molecule is O=C1NC2(CCOc3ccccc3S(=O)(=O)N3C[C@H](O)C[C@@H]13)CCN(CC1CC1)CC2. The van der Waals surface area contributed by atoms with Crippen LogP contribution < -0.4 is 10.1 Å². The number of likely N-dealkylation sites (tertiary alicyclic amines) is 1. The molecule has 3 aliphatic heterocycles. The summed E-state index contributed by atoms with van der Waals surface area (Å²) in [6, 6.07) is 5.66. The van der Waals surface area contributed by atoms with E-state index in [0.29, 0.717) is 18.8 Å². The van der Waals surface area contributed by atoms with E-state index in [1.807, 2.05) is 0 Å². The zero-order valence-electron chi connectivity index (χ0n) is 17.7. The van der Waals surface area contributed by atoms with Gasteiger partial charge in [-0.3, -0.25) is 4.79 Å². The number of aliphatic hydroxyl groups excluding tert-OH is 1. The number of carbonyl (C=O) groups excluding carboxylic acids is 1. The van der Waals surface area contributed by atoms with Gasteiger partial charge in [-0.25, -0.2) is 8.42 Å². The van der Waals surface area contributed by atoms with Gasteiger partial charge in [-0.2, -0.15) is 4.31 Å². The normalized spacial score (nSPS) is 31.2. The fourth-order valence-corrected chi connectivity index (χ4v) is 6.93. The Morgan fingerprint density at radius 2 is 1.90 bits per heavy atom. The van der Waals surface area contributed by atoms with Gasteiger partial charge in [0.1, 0.15) is 16.7 Å². The summed E-state index contributed by atoms with van der Waals surface area (Å²) in [6.07, 6.45) is 4.15. The molecule has 1 aromatic carbocycles. The average molecular weight is 450 g/mol. The number of benzene rings is 1. The summed E-state index contributed by atoms with van der Waals surface area (Å²) in [5.74, 6) is 0.822. The number of carbonyl (C=O) groups is 1. The minimum absolute atomic E-state index is 0.0529. The summed E-state index contributed by atoms with van der Waals surface area (Å²) in [5.41, 5.74) is -0.417. The van der Waals surface area contributed by atoms with E-state index in [4.69, 9.17) is 4.74 Å². The second-order valence-corrected chi connectivity index (χ2v) is 11.4. The maximum absolute atomic E-state index is 13.4. The molecule has 170 valence electrons. The van der Waals surface area contributed by atoms with Crippen LogP contribution in [0.2, 0.25) is 0 Å². The van der Waals surface area contributed by atoms with E-state index in [9.17, 15) is 18.3 Å². The first kappa shape index (κ1) is 21.2. The molecule has 1 aromatic rings. The highest BCUT2D eigenvalue weighted by molar-refractivity contribution is 7.89. The lowest BCUT2D eigenvalue weighted by atomic mass is 9.84. The number of hydrogen-bond acceptors (Lipinski definition) is 6. The number of piperidine rings is 1. The van der Waals surface area contributed by atoms with Crippen molar-refractivity contribution in [2.75, 3.05) is 32.8 Å². The van der Waals surface area contributed by atoms with Gasteiger partial charge in [0.05, 0.1) is 12.7 Å². The standard InChI is InChI=1S/C22H31N3O5S/c26-17-13-18-21(27)23-22(7-10-24(11-8-22)14-16-5-6-16)9-12-30-19-3-1-2-4-20(19)31(28,29)25(18)15-17/h1-4,16-18,26H,5-15H2,(H,23,27)/t17-,18+/m1/s1. The zero-order chi connectivity index (χ0) is 21.6. The molecule has 1 saturated carbocycles. The molecule has 0 radical (unpaired) electrons. The van der Waals surface area contributed by atoms with Crippen molar-refractivity contribution in [3.05, 3.63) is 24.3 Å². The summed E-state index contributed by atoms with van der Waals surface area (Å²) in [6.45, 7) is 3.22. The average Bonchev–Trinajstić information content (AvgIpc) is 3.47. The van der Waals surface area contributed by atoms with Crippen LogP contribution in [0.3, 0.4) is 0 Å². The Morgan fingerprint density at radius 3 is 2.65 bits per heavy atom. The van der Waals surface area contributed by atoms with Crippen molar-refractivity contribution in [1.82, 2.24) is 14.5 Å². The number of nitrogens with one attached hydrogen (secondary N) is 1. The number of hydrogen-bond donors (Lipinski definition) is 2. The number of ether oxygens (including phenoxy) is 1. The first-order chi connectivity index (χ1) is 14.9. The minimum atomic E-state index is -3.98. The van der Waals surface area contributed by atoms with Crippen LogP contribution in [0.1, 0.15) is 38.5 Å². The highest BCUT2D eigenvalue weighted by Gasteiger charge is 2.47. The molecular weight excluding hydrogens is 418 g/mol. The molecule has 0 unspecified atom stereocenters. The van der Waals surface area contributed by atoms with Gasteiger partial charge < -0.3 is 20.1 Å². The van der Waals surface area contributed by atoms with Crippen LogP contribution in [0.5, 0.6) is 5.75 Å². The molecule has 5 rings (SSSR count). The summed E-state index contributed by atoms with van der Waals surface area (Å²) in [4.78, 5) is 15.9. The number of amides is 1. The van der Waals surface area contributed by atoms with Crippen LogP contribution in [-0.2, 0) is 14.8 Å². The number of sulfonamides is 1. The van der Waals surface area contributed by atoms with E-state index in [1.54, 1.807) is 18.2 Å². The molecule has 8 nitrogen and oxygen atoms in total. The monoisotopic (exact) mass is 449 g/mol. The van der Waals surface area contributed by atoms with Crippen LogP contribution in [0, 0.1) is 5.92 Å². The van der Waals surface area contributed by atoms with E-state index >= 15 is 0 Å². The number of aliphatic hydroxyl groups is 1. The topological polar surface area (TPSA) is 99.2 Å². The quantitative estimate of drug-likeness (QED) is 0.698. The first-order valence-electron chi connectivity index (χ1n) is 11.3. The molecule has 3 fully saturated rings. The Kier molecular flexibility index (Phi) is 5.48. The van der Waals surface area contributed by atoms with Crippen molar-refractivity contribution in [2.45, 2.75) is 61.1 Å². The fraction of sp³-hybridized carbons (Fsp3) is 0.682. The van der Waals surface area contributed by atoms with Crippen molar-refractivity contribution in [1.29, 1.82) is 0 Å². The predicted octanol–water partition coefficient (Wildman–Crippen LogP) is 0.954. The lowest BCUT2D eigenvalue weighted by molar-refractivity contribution is -0.127. The molecule has 0 bridgehead atoms. The van der Waals surface area contributed by atoms with Gasteiger partial charge >= 0.3 is 0 Å². The van der Waals surface area contributed by atoms with Gasteiger partial charge in [0.15, 0.2) is 0 Å². The molecule has 2 N–H and O–H groups in total. The molecule has 1 spiro atoms. The molecule has 1 aliphatic carbocycles. The fourth-order valence-electron chi connectivity index (χ4n) is 5.16. The van der Waals surface area contributed by atoms with Gasteiger partial charge in [-0.05, 0) is 43.7 Å². The smallest absolute Gasteiger partial charge is 0.247 e. The van der Waals surface area contributed by atoms with Crippen molar-refractivity contribution < 1.29 is 23.1 Å². The van der Waals surface area contributed by atoms with E-state index < -0.39 is 27.7 Å². The van der Waals surface area contributed by atoms with Crippen molar-refractivity contribution in [3.63, 3.8) is 0 Å². The highest BCUT2D eigenvalue weighted by atomic mass is 32.2. The van der Waals surface area contributed by atoms with Crippen molar-refractivity contribution in [2.24, 2.45) is 5.92 Å². The molecule has 2 atom stereocenters. The van der Waals surface area contributed by atoms with Crippen LogP contribution in [0.4, 0.5) is 0 Å². The van der Waals surface area contributed by atoms with E-state index in [2.05, 4.69) is 10.2 Å². The second kappa shape index (κ2) is 8.03. The maximum Gasteiger partial charge on any atom is 0.247 e. The first-order valence-corrected chi connectivity index (χ1v) is 12.8. The lowest BCUT2D eigenvalue weighted by Crippen LogP contribution is -2.59. The summed E-state index contributed by atoms with van der Waals surface area (Å²) < 4.78 is 33.9. The molecule has 9 heteroatoms. The predicted molar refractivity (Wildman–Crippen MR) is 114 cm³/mol. The maximum atomic E-state index is 13.4. The lowest BCUT2D eigenvalue weighted by Gasteiger charge is -2.43. The van der Waals surface area contributed by atoms with Gasteiger partial charge in [-0.15, -0.1) is 0 Å². The van der Waals surface area contributed by atoms with E-state index in [-0.39, 0.29) is 23.8 Å². The van der Waals surface area contributed by atoms with Crippen LogP contribution in [0.15, 0.2) is 29.2 Å². The highest BCUT2D eigenvalue weighted by Crippen LogP contribution is 2.36. The largest absolute Gasteiger partial charge is 0.492 e. The third-order valence-corrected chi connectivity index (χ3v) is 9.14.